The van der Waals surface area contributed by atoms with Crippen molar-refractivity contribution in [2.24, 2.45) is 11.8 Å². The van der Waals surface area contributed by atoms with Gasteiger partial charge in [-0.2, -0.15) is 0 Å². The number of hydrogen-bond donors (Lipinski definition) is 0. The topological polar surface area (TPSA) is 12.9 Å². The van der Waals surface area contributed by atoms with Gasteiger partial charge in [0.15, 0.2) is 0 Å². The van der Waals surface area contributed by atoms with Crippen molar-refractivity contribution in [1.29, 1.82) is 0 Å². The summed E-state index contributed by atoms with van der Waals surface area (Å²) in [6.45, 7) is 4.66. The van der Waals surface area contributed by atoms with Gasteiger partial charge in [0.2, 0.25) is 0 Å². The molecule has 21 heavy (non-hydrogen) atoms. The summed E-state index contributed by atoms with van der Waals surface area (Å²) in [5.41, 5.74) is 5.93. The minimum Gasteiger partial charge on any atom is -0.260 e. The summed E-state index contributed by atoms with van der Waals surface area (Å²) in [6, 6.07) is 13.4. The Hall–Kier alpha value is -1.63. The maximum atomic E-state index is 4.88. The highest BCUT2D eigenvalue weighted by Crippen LogP contribution is 2.65. The molecule has 3 unspecified atom stereocenters. The molecule has 2 aromatic rings. The molecule has 0 saturated heterocycles. The van der Waals surface area contributed by atoms with E-state index in [-0.39, 0.29) is 5.41 Å². The number of hydrogen-bond acceptors (Lipinski definition) is 1. The second kappa shape index (κ2) is 4.69. The molecule has 0 aliphatic heterocycles. The third kappa shape index (κ3) is 1.50. The first-order chi connectivity index (χ1) is 10.3. The zero-order valence-electron chi connectivity index (χ0n) is 13.0. The van der Waals surface area contributed by atoms with Crippen molar-refractivity contribution in [2.45, 2.75) is 44.9 Å². The molecule has 0 N–H and O–H groups in total. The number of nitrogens with zero attached hydrogens (tertiary/aromatic N) is 1. The van der Waals surface area contributed by atoms with Gasteiger partial charge in [0.05, 0.1) is 5.69 Å². The van der Waals surface area contributed by atoms with Crippen LogP contribution in [-0.2, 0) is 5.41 Å². The maximum absolute atomic E-state index is 4.88. The minimum absolute atomic E-state index is 0.206. The van der Waals surface area contributed by atoms with Gasteiger partial charge in [-0.15, -0.1) is 0 Å². The Morgan fingerprint density at radius 2 is 1.86 bits per heavy atom. The zero-order valence-corrected chi connectivity index (χ0v) is 13.0. The van der Waals surface area contributed by atoms with E-state index in [2.05, 4.69) is 50.2 Å². The van der Waals surface area contributed by atoms with Crippen molar-refractivity contribution in [3.05, 3.63) is 53.9 Å². The number of pyridine rings is 1. The van der Waals surface area contributed by atoms with Crippen LogP contribution in [0.25, 0.3) is 11.1 Å². The lowest BCUT2D eigenvalue weighted by Gasteiger charge is -2.55. The summed E-state index contributed by atoms with van der Waals surface area (Å²) in [6.07, 6.45) is 7.20. The van der Waals surface area contributed by atoms with E-state index in [1.807, 2.05) is 6.20 Å². The SMILES string of the molecule is CCCC1CC(CC)C12c1ccccc1-c1cccnc12. The van der Waals surface area contributed by atoms with Crippen LogP contribution in [0, 0.1) is 11.8 Å². The smallest absolute Gasteiger partial charge is 0.0593 e. The Balaban J connectivity index is 1.99. The van der Waals surface area contributed by atoms with E-state index >= 15 is 0 Å². The second-order valence-electron chi connectivity index (χ2n) is 6.64. The molecule has 1 nitrogen and oxygen atoms in total. The normalized spacial score (nSPS) is 29.0. The van der Waals surface area contributed by atoms with Gasteiger partial charge >= 0.3 is 0 Å². The van der Waals surface area contributed by atoms with Crippen molar-refractivity contribution in [3.63, 3.8) is 0 Å². The molecule has 2 aliphatic rings. The molecule has 1 heterocycles. The third-order valence-corrected chi connectivity index (χ3v) is 5.85. The molecule has 108 valence electrons. The standard InChI is InChI=1S/C20H23N/c1-3-8-15-13-14(4-2)20(15)18-11-6-5-9-16(18)17-10-7-12-21-19(17)20/h5-7,9-12,14-15H,3-4,8,13H2,1-2H3. The van der Waals surface area contributed by atoms with E-state index in [1.165, 1.54) is 42.5 Å². The molecular weight excluding hydrogens is 254 g/mol. The molecule has 1 saturated carbocycles. The Morgan fingerprint density at radius 3 is 2.67 bits per heavy atom. The Bertz CT molecular complexity index is 628. The highest BCUT2D eigenvalue weighted by molar-refractivity contribution is 5.80. The van der Waals surface area contributed by atoms with E-state index in [4.69, 9.17) is 4.98 Å². The maximum Gasteiger partial charge on any atom is 0.0593 e. The Morgan fingerprint density at radius 1 is 1.05 bits per heavy atom. The average molecular weight is 277 g/mol. The van der Waals surface area contributed by atoms with Crippen molar-refractivity contribution >= 4 is 0 Å². The minimum atomic E-state index is 0.206. The highest BCUT2D eigenvalue weighted by atomic mass is 14.8. The monoisotopic (exact) mass is 277 g/mol. The molecule has 1 spiro atoms. The van der Waals surface area contributed by atoms with Gasteiger partial charge in [-0.3, -0.25) is 4.98 Å². The second-order valence-corrected chi connectivity index (χ2v) is 6.64. The zero-order chi connectivity index (χ0) is 14.4. The van der Waals surface area contributed by atoms with Gasteiger partial charge in [0.25, 0.3) is 0 Å². The molecule has 0 bridgehead atoms. The number of benzene rings is 1. The molecule has 1 aromatic carbocycles. The summed E-state index contributed by atoms with van der Waals surface area (Å²) >= 11 is 0. The summed E-state index contributed by atoms with van der Waals surface area (Å²) in [4.78, 5) is 4.88. The highest BCUT2D eigenvalue weighted by Gasteiger charge is 2.60. The van der Waals surface area contributed by atoms with Gasteiger partial charge in [-0.05, 0) is 41.9 Å². The van der Waals surface area contributed by atoms with Crippen LogP contribution in [-0.4, -0.2) is 4.98 Å². The molecule has 1 fully saturated rings. The van der Waals surface area contributed by atoms with Crippen molar-refractivity contribution in [2.75, 3.05) is 0 Å². The van der Waals surface area contributed by atoms with Crippen LogP contribution in [0.2, 0.25) is 0 Å². The molecule has 0 radical (unpaired) electrons. The van der Waals surface area contributed by atoms with E-state index < -0.39 is 0 Å². The fourth-order valence-electron chi connectivity index (χ4n) is 5.06. The van der Waals surface area contributed by atoms with E-state index in [9.17, 15) is 0 Å². The lowest BCUT2D eigenvalue weighted by atomic mass is 9.48. The molecule has 2 aliphatic carbocycles. The largest absolute Gasteiger partial charge is 0.260 e. The van der Waals surface area contributed by atoms with E-state index in [0.29, 0.717) is 0 Å². The van der Waals surface area contributed by atoms with Crippen LogP contribution in [0.15, 0.2) is 42.6 Å². The molecular formula is C20H23N. The van der Waals surface area contributed by atoms with E-state index in [1.54, 1.807) is 5.56 Å². The fourth-order valence-corrected chi connectivity index (χ4v) is 5.06. The fraction of sp³-hybridized carbons (Fsp3) is 0.450. The van der Waals surface area contributed by atoms with Crippen LogP contribution in [0.1, 0.15) is 50.8 Å². The predicted molar refractivity (Wildman–Crippen MR) is 87.2 cm³/mol. The molecule has 4 rings (SSSR count). The Labute approximate surface area is 127 Å². The van der Waals surface area contributed by atoms with Crippen molar-refractivity contribution in [1.82, 2.24) is 4.98 Å². The van der Waals surface area contributed by atoms with Gasteiger partial charge in [-0.1, -0.05) is 57.0 Å². The molecule has 3 atom stereocenters. The third-order valence-electron chi connectivity index (χ3n) is 5.85. The lowest BCUT2D eigenvalue weighted by Crippen LogP contribution is -2.52. The van der Waals surface area contributed by atoms with E-state index in [0.717, 1.165) is 11.8 Å². The quantitative estimate of drug-likeness (QED) is 0.752. The van der Waals surface area contributed by atoms with Crippen LogP contribution in [0.4, 0.5) is 0 Å². The summed E-state index contributed by atoms with van der Waals surface area (Å²) in [5.74, 6) is 1.52. The first-order valence-corrected chi connectivity index (χ1v) is 8.39. The van der Waals surface area contributed by atoms with Crippen molar-refractivity contribution < 1.29 is 0 Å². The number of rotatable bonds is 3. The van der Waals surface area contributed by atoms with Gasteiger partial charge in [-0.25, -0.2) is 0 Å². The van der Waals surface area contributed by atoms with Crippen LogP contribution in [0.5, 0.6) is 0 Å². The summed E-state index contributed by atoms with van der Waals surface area (Å²) < 4.78 is 0. The average Bonchev–Trinajstić information content (AvgIpc) is 2.84. The van der Waals surface area contributed by atoms with Gasteiger partial charge in [0, 0.05) is 17.2 Å². The van der Waals surface area contributed by atoms with Crippen LogP contribution >= 0.6 is 0 Å². The lowest BCUT2D eigenvalue weighted by molar-refractivity contribution is 0.0502. The number of aromatic nitrogens is 1. The van der Waals surface area contributed by atoms with Gasteiger partial charge < -0.3 is 0 Å². The first-order valence-electron chi connectivity index (χ1n) is 8.39. The van der Waals surface area contributed by atoms with Crippen LogP contribution < -0.4 is 0 Å². The predicted octanol–water partition coefficient (Wildman–Crippen LogP) is 5.19. The van der Waals surface area contributed by atoms with Gasteiger partial charge in [0.1, 0.15) is 0 Å². The first kappa shape index (κ1) is 13.1. The van der Waals surface area contributed by atoms with Crippen LogP contribution in [0.3, 0.4) is 0 Å². The molecule has 1 heteroatoms. The Kier molecular flexibility index (Phi) is 2.92. The molecule has 1 aromatic heterocycles. The number of fused-ring (bicyclic) bond motifs is 5. The summed E-state index contributed by atoms with van der Waals surface area (Å²) in [7, 11) is 0. The summed E-state index contributed by atoms with van der Waals surface area (Å²) in [5, 5.41) is 0. The van der Waals surface area contributed by atoms with Crippen molar-refractivity contribution in [3.8, 4) is 11.1 Å². The molecule has 0 amide bonds.